The number of rotatable bonds is 2. The van der Waals surface area contributed by atoms with Crippen LogP contribution >= 0.6 is 23.4 Å². The molecule has 1 aromatic heterocycles. The number of alkyl halides is 3. The maximum atomic E-state index is 13.3. The standard InChI is InChI=1S/C18H10ClF3O3S/c1-9(23)26-12-4-2-10-6-14(17(24)25-16(10)8-12)13-5-3-11(19)7-15(13)18(20,21)22/h2-8H,1H3. The molecule has 0 unspecified atom stereocenters. The van der Waals surface area contributed by atoms with Gasteiger partial charge in [-0.05, 0) is 30.3 Å². The van der Waals surface area contributed by atoms with Gasteiger partial charge < -0.3 is 4.42 Å². The second-order valence-electron chi connectivity index (χ2n) is 5.43. The molecule has 0 radical (unpaired) electrons. The van der Waals surface area contributed by atoms with E-state index in [1.54, 1.807) is 12.1 Å². The fourth-order valence-corrected chi connectivity index (χ4v) is 3.30. The van der Waals surface area contributed by atoms with Crippen molar-refractivity contribution in [1.82, 2.24) is 0 Å². The van der Waals surface area contributed by atoms with Gasteiger partial charge in [-0.3, -0.25) is 4.79 Å². The fraction of sp³-hybridized carbons (Fsp3) is 0.111. The van der Waals surface area contributed by atoms with Gasteiger partial charge in [0.25, 0.3) is 0 Å². The Balaban J connectivity index is 2.20. The van der Waals surface area contributed by atoms with Crippen molar-refractivity contribution in [2.75, 3.05) is 0 Å². The van der Waals surface area contributed by atoms with E-state index in [0.29, 0.717) is 10.3 Å². The third-order valence-corrected chi connectivity index (χ3v) is 4.56. The van der Waals surface area contributed by atoms with Gasteiger partial charge in [-0.1, -0.05) is 35.5 Å². The van der Waals surface area contributed by atoms with E-state index in [0.717, 1.165) is 23.9 Å². The molecule has 0 amide bonds. The molecular formula is C18H10ClF3O3S. The number of halogens is 4. The molecule has 0 aliphatic rings. The van der Waals surface area contributed by atoms with Gasteiger partial charge >= 0.3 is 11.8 Å². The van der Waals surface area contributed by atoms with E-state index < -0.39 is 17.4 Å². The lowest BCUT2D eigenvalue weighted by molar-refractivity contribution is -0.137. The van der Waals surface area contributed by atoms with Crippen molar-refractivity contribution in [3.63, 3.8) is 0 Å². The van der Waals surface area contributed by atoms with Gasteiger partial charge in [0.15, 0.2) is 5.12 Å². The van der Waals surface area contributed by atoms with Crippen LogP contribution in [0.1, 0.15) is 12.5 Å². The van der Waals surface area contributed by atoms with E-state index in [1.165, 1.54) is 25.1 Å². The number of hydrogen-bond donors (Lipinski definition) is 0. The third-order valence-electron chi connectivity index (χ3n) is 3.55. The molecule has 0 saturated carbocycles. The van der Waals surface area contributed by atoms with Crippen LogP contribution in [0.15, 0.2) is 56.6 Å². The molecule has 3 rings (SSSR count). The van der Waals surface area contributed by atoms with Crippen LogP contribution in [0, 0.1) is 0 Å². The first-order chi connectivity index (χ1) is 12.1. The predicted octanol–water partition coefficient (Wildman–Crippen LogP) is 5.77. The van der Waals surface area contributed by atoms with Crippen LogP contribution in [0.25, 0.3) is 22.1 Å². The maximum absolute atomic E-state index is 13.3. The normalized spacial score (nSPS) is 11.7. The number of carbonyl (C=O) groups excluding carboxylic acids is 1. The molecule has 26 heavy (non-hydrogen) atoms. The summed E-state index contributed by atoms with van der Waals surface area (Å²) in [6, 6.07) is 9.24. The molecule has 1 heterocycles. The van der Waals surface area contributed by atoms with E-state index >= 15 is 0 Å². The topological polar surface area (TPSA) is 47.3 Å². The van der Waals surface area contributed by atoms with E-state index in [-0.39, 0.29) is 26.8 Å². The molecule has 0 atom stereocenters. The molecule has 0 saturated heterocycles. The van der Waals surface area contributed by atoms with Gasteiger partial charge in [-0.2, -0.15) is 13.2 Å². The van der Waals surface area contributed by atoms with Gasteiger partial charge in [-0.15, -0.1) is 0 Å². The molecule has 0 bridgehead atoms. The van der Waals surface area contributed by atoms with Crippen LogP contribution in [0.2, 0.25) is 5.02 Å². The van der Waals surface area contributed by atoms with Crippen molar-refractivity contribution in [2.45, 2.75) is 18.0 Å². The summed E-state index contributed by atoms with van der Waals surface area (Å²) in [7, 11) is 0. The van der Waals surface area contributed by atoms with Crippen LogP contribution < -0.4 is 5.63 Å². The van der Waals surface area contributed by atoms with Crippen LogP contribution in [0.4, 0.5) is 13.2 Å². The Morgan fingerprint density at radius 2 is 1.81 bits per heavy atom. The molecule has 134 valence electrons. The Kier molecular flexibility index (Phi) is 4.86. The maximum Gasteiger partial charge on any atom is 0.417 e. The molecule has 0 spiro atoms. The Labute approximate surface area is 154 Å². The molecule has 3 aromatic rings. The third kappa shape index (κ3) is 3.78. The van der Waals surface area contributed by atoms with Crippen molar-refractivity contribution in [2.24, 2.45) is 0 Å². The van der Waals surface area contributed by atoms with Crippen LogP contribution in [0.5, 0.6) is 0 Å². The lowest BCUT2D eigenvalue weighted by atomic mass is 10.00. The van der Waals surface area contributed by atoms with Crippen LogP contribution in [-0.4, -0.2) is 5.12 Å². The van der Waals surface area contributed by atoms with Gasteiger partial charge in [0.05, 0.1) is 11.1 Å². The van der Waals surface area contributed by atoms with Gasteiger partial charge in [-0.25, -0.2) is 4.79 Å². The Morgan fingerprint density at radius 1 is 1.08 bits per heavy atom. The Bertz CT molecular complexity index is 1070. The summed E-state index contributed by atoms with van der Waals surface area (Å²) in [5.41, 5.74) is -2.25. The van der Waals surface area contributed by atoms with Gasteiger partial charge in [0.1, 0.15) is 5.58 Å². The zero-order valence-electron chi connectivity index (χ0n) is 13.2. The summed E-state index contributed by atoms with van der Waals surface area (Å²) in [4.78, 5) is 24.0. The molecule has 8 heteroatoms. The second-order valence-corrected chi connectivity index (χ2v) is 7.12. The van der Waals surface area contributed by atoms with Crippen molar-refractivity contribution in [3.8, 4) is 11.1 Å². The number of fused-ring (bicyclic) bond motifs is 1. The predicted molar refractivity (Wildman–Crippen MR) is 94.5 cm³/mol. The first-order valence-corrected chi connectivity index (χ1v) is 8.48. The number of thioether (sulfide) groups is 1. The molecule has 2 aromatic carbocycles. The molecule has 0 N–H and O–H groups in total. The zero-order valence-corrected chi connectivity index (χ0v) is 14.8. The quantitative estimate of drug-likeness (QED) is 0.406. The summed E-state index contributed by atoms with van der Waals surface area (Å²) in [5, 5.41) is 0.215. The zero-order chi connectivity index (χ0) is 19.1. The summed E-state index contributed by atoms with van der Waals surface area (Å²) in [5.74, 6) is 0. The van der Waals surface area contributed by atoms with E-state index in [1.807, 2.05) is 0 Å². The minimum Gasteiger partial charge on any atom is -0.422 e. The van der Waals surface area contributed by atoms with Crippen molar-refractivity contribution in [1.29, 1.82) is 0 Å². The summed E-state index contributed by atoms with van der Waals surface area (Å²) >= 11 is 6.64. The van der Waals surface area contributed by atoms with Gasteiger partial charge in [0.2, 0.25) is 0 Å². The minimum absolute atomic E-state index is 0.0860. The molecule has 0 aliphatic carbocycles. The summed E-state index contributed by atoms with van der Waals surface area (Å²) in [6.45, 7) is 1.40. The average molecular weight is 399 g/mol. The lowest BCUT2D eigenvalue weighted by Gasteiger charge is -2.13. The van der Waals surface area contributed by atoms with E-state index in [4.69, 9.17) is 16.0 Å². The first kappa shape index (κ1) is 18.5. The molecular weight excluding hydrogens is 389 g/mol. The number of hydrogen-bond acceptors (Lipinski definition) is 4. The van der Waals surface area contributed by atoms with Crippen LogP contribution in [0.3, 0.4) is 0 Å². The SMILES string of the molecule is CC(=O)Sc1ccc2cc(-c3ccc(Cl)cc3C(F)(F)F)c(=O)oc2c1. The van der Waals surface area contributed by atoms with Crippen molar-refractivity contribution < 1.29 is 22.4 Å². The summed E-state index contributed by atoms with van der Waals surface area (Å²) in [6.07, 6.45) is -4.68. The van der Waals surface area contributed by atoms with Gasteiger partial charge in [0, 0.05) is 27.8 Å². The largest absolute Gasteiger partial charge is 0.422 e. The van der Waals surface area contributed by atoms with Crippen molar-refractivity contribution >= 4 is 39.4 Å². The number of benzene rings is 2. The highest BCUT2D eigenvalue weighted by Gasteiger charge is 2.34. The minimum atomic E-state index is -4.68. The van der Waals surface area contributed by atoms with Crippen molar-refractivity contribution in [3.05, 3.63) is 63.5 Å². The highest BCUT2D eigenvalue weighted by atomic mass is 35.5. The fourth-order valence-electron chi connectivity index (χ4n) is 2.49. The average Bonchev–Trinajstić information content (AvgIpc) is 2.53. The molecule has 3 nitrogen and oxygen atoms in total. The highest BCUT2D eigenvalue weighted by Crippen LogP contribution is 2.38. The highest BCUT2D eigenvalue weighted by molar-refractivity contribution is 8.13. The smallest absolute Gasteiger partial charge is 0.417 e. The van der Waals surface area contributed by atoms with E-state index in [9.17, 15) is 22.8 Å². The monoisotopic (exact) mass is 398 g/mol. The second kappa shape index (κ2) is 6.81. The van der Waals surface area contributed by atoms with Crippen LogP contribution in [-0.2, 0) is 11.0 Å². The molecule has 0 fully saturated rings. The Hall–Kier alpha value is -2.25. The lowest BCUT2D eigenvalue weighted by Crippen LogP contribution is -2.11. The molecule has 0 aliphatic heterocycles. The Morgan fingerprint density at radius 3 is 2.46 bits per heavy atom. The van der Waals surface area contributed by atoms with E-state index in [2.05, 4.69) is 0 Å². The number of carbonyl (C=O) groups is 1. The first-order valence-electron chi connectivity index (χ1n) is 7.28. The summed E-state index contributed by atoms with van der Waals surface area (Å²) < 4.78 is 45.1.